The van der Waals surface area contributed by atoms with Gasteiger partial charge < -0.3 is 9.58 Å². The zero-order valence-electron chi connectivity index (χ0n) is 8.71. The van der Waals surface area contributed by atoms with Crippen LogP contribution in [0.4, 0.5) is 0 Å². The monoisotopic (exact) mass is 189 g/mol. The molecule has 14 heavy (non-hydrogen) atoms. The standard InChI is InChI=1S/C12H15NO/c1-4-10-5-6-12(14-3)11(9-10)7-8-13-2/h5-6,9H,4,7-8H2,1,3H3. The summed E-state index contributed by atoms with van der Waals surface area (Å²) in [5.41, 5.74) is 2.44. The maximum atomic E-state index is 6.76. The van der Waals surface area contributed by atoms with Crippen LogP contribution in [0.3, 0.4) is 0 Å². The normalized spacial score (nSPS) is 9.50. The van der Waals surface area contributed by atoms with Crippen LogP contribution in [-0.2, 0) is 12.8 Å². The number of hydrogen-bond donors (Lipinski definition) is 0. The summed E-state index contributed by atoms with van der Waals surface area (Å²) in [7, 11) is 1.67. The van der Waals surface area contributed by atoms with E-state index in [0.29, 0.717) is 6.54 Å². The second kappa shape index (κ2) is 5.29. The first kappa shape index (κ1) is 10.6. The predicted octanol–water partition coefficient (Wildman–Crippen LogP) is 2.72. The van der Waals surface area contributed by atoms with Crippen LogP contribution < -0.4 is 4.74 Å². The zero-order chi connectivity index (χ0) is 10.4. The first-order valence-electron chi connectivity index (χ1n) is 4.80. The molecule has 0 amide bonds. The first-order chi connectivity index (χ1) is 6.81. The highest BCUT2D eigenvalue weighted by atomic mass is 16.5. The first-order valence-corrected chi connectivity index (χ1v) is 4.80. The zero-order valence-corrected chi connectivity index (χ0v) is 8.71. The SMILES string of the molecule is [C-]#[N+]CCc1cc(CC)ccc1OC. The lowest BCUT2D eigenvalue weighted by molar-refractivity contribution is 0.410. The molecule has 0 N–H and O–H groups in total. The van der Waals surface area contributed by atoms with E-state index in [-0.39, 0.29) is 0 Å². The second-order valence-corrected chi connectivity index (χ2v) is 3.13. The maximum absolute atomic E-state index is 6.76. The summed E-state index contributed by atoms with van der Waals surface area (Å²) in [4.78, 5) is 3.36. The fraction of sp³-hybridized carbons (Fsp3) is 0.417. The average molecular weight is 189 g/mol. The molecule has 1 aromatic carbocycles. The molecule has 0 radical (unpaired) electrons. The van der Waals surface area contributed by atoms with Gasteiger partial charge in [0.25, 0.3) is 0 Å². The Morgan fingerprint density at radius 3 is 2.79 bits per heavy atom. The number of rotatable bonds is 4. The van der Waals surface area contributed by atoms with Gasteiger partial charge in [-0.05, 0) is 18.1 Å². The number of nitrogens with zero attached hydrogens (tertiary/aromatic N) is 1. The summed E-state index contributed by atoms with van der Waals surface area (Å²) in [5, 5.41) is 0. The summed E-state index contributed by atoms with van der Waals surface area (Å²) >= 11 is 0. The van der Waals surface area contributed by atoms with Gasteiger partial charge in [0.1, 0.15) is 5.75 Å². The van der Waals surface area contributed by atoms with Crippen LogP contribution in [0.5, 0.6) is 5.75 Å². The Hall–Kier alpha value is -1.49. The molecule has 1 rings (SSSR count). The van der Waals surface area contributed by atoms with Crippen LogP contribution in [0.1, 0.15) is 18.1 Å². The molecular weight excluding hydrogens is 174 g/mol. The van der Waals surface area contributed by atoms with Gasteiger partial charge in [0, 0.05) is 12.0 Å². The fourth-order valence-corrected chi connectivity index (χ4v) is 1.42. The second-order valence-electron chi connectivity index (χ2n) is 3.13. The third-order valence-electron chi connectivity index (χ3n) is 2.25. The summed E-state index contributed by atoms with van der Waals surface area (Å²) in [6.07, 6.45) is 1.80. The molecule has 0 aromatic heterocycles. The van der Waals surface area contributed by atoms with Gasteiger partial charge in [0.2, 0.25) is 6.54 Å². The summed E-state index contributed by atoms with van der Waals surface area (Å²) in [5.74, 6) is 0.894. The van der Waals surface area contributed by atoms with Gasteiger partial charge in [-0.1, -0.05) is 19.1 Å². The van der Waals surface area contributed by atoms with E-state index in [9.17, 15) is 0 Å². The minimum atomic E-state index is 0.531. The van der Waals surface area contributed by atoms with Crippen molar-refractivity contribution in [2.45, 2.75) is 19.8 Å². The molecule has 0 atom stereocenters. The largest absolute Gasteiger partial charge is 0.496 e. The Labute approximate surface area is 85.3 Å². The quantitative estimate of drug-likeness (QED) is 0.664. The lowest BCUT2D eigenvalue weighted by Crippen LogP contribution is -1.95. The van der Waals surface area contributed by atoms with E-state index in [1.54, 1.807) is 7.11 Å². The smallest absolute Gasteiger partial charge is 0.218 e. The molecule has 0 aliphatic rings. The Kier molecular flexibility index (Phi) is 4.00. The van der Waals surface area contributed by atoms with Crippen molar-refractivity contribution in [1.29, 1.82) is 0 Å². The molecule has 1 aromatic rings. The van der Waals surface area contributed by atoms with Gasteiger partial charge in [-0.25, -0.2) is 6.57 Å². The van der Waals surface area contributed by atoms with Crippen LogP contribution in [0.15, 0.2) is 18.2 Å². The molecule has 0 saturated heterocycles. The third kappa shape index (κ3) is 2.50. The molecule has 0 aliphatic carbocycles. The molecule has 0 fully saturated rings. The highest BCUT2D eigenvalue weighted by Gasteiger charge is 2.04. The number of methoxy groups -OCH3 is 1. The van der Waals surface area contributed by atoms with Crippen LogP contribution in [0, 0.1) is 6.57 Å². The van der Waals surface area contributed by atoms with Crippen molar-refractivity contribution in [2.24, 2.45) is 0 Å². The van der Waals surface area contributed by atoms with Crippen LogP contribution >= 0.6 is 0 Å². The van der Waals surface area contributed by atoms with E-state index in [1.807, 2.05) is 6.07 Å². The molecule has 0 heterocycles. The Bertz CT molecular complexity index is 339. The molecule has 74 valence electrons. The van der Waals surface area contributed by atoms with Crippen molar-refractivity contribution in [2.75, 3.05) is 13.7 Å². The molecule has 2 heteroatoms. The molecule has 0 bridgehead atoms. The molecule has 0 unspecified atom stereocenters. The van der Waals surface area contributed by atoms with Gasteiger partial charge in [0.15, 0.2) is 0 Å². The Balaban J connectivity index is 2.91. The number of ether oxygens (including phenoxy) is 1. The highest BCUT2D eigenvalue weighted by molar-refractivity contribution is 5.37. The maximum Gasteiger partial charge on any atom is 0.218 e. The summed E-state index contributed by atoms with van der Waals surface area (Å²) in [6, 6.07) is 6.18. The van der Waals surface area contributed by atoms with E-state index in [4.69, 9.17) is 11.3 Å². The van der Waals surface area contributed by atoms with Gasteiger partial charge in [-0.3, -0.25) is 0 Å². The van der Waals surface area contributed by atoms with Gasteiger partial charge in [0.05, 0.1) is 7.11 Å². The van der Waals surface area contributed by atoms with Crippen molar-refractivity contribution >= 4 is 0 Å². The van der Waals surface area contributed by atoms with Gasteiger partial charge in [-0.2, -0.15) is 0 Å². The molecule has 0 saturated carbocycles. The average Bonchev–Trinajstić information content (AvgIpc) is 2.25. The minimum Gasteiger partial charge on any atom is -0.496 e. The Morgan fingerprint density at radius 1 is 1.43 bits per heavy atom. The van der Waals surface area contributed by atoms with Gasteiger partial charge in [-0.15, -0.1) is 0 Å². The molecule has 0 spiro atoms. The van der Waals surface area contributed by atoms with Crippen LogP contribution in [0.25, 0.3) is 4.85 Å². The van der Waals surface area contributed by atoms with Crippen LogP contribution in [0.2, 0.25) is 0 Å². The topological polar surface area (TPSA) is 13.6 Å². The summed E-state index contributed by atoms with van der Waals surface area (Å²) < 4.78 is 5.24. The summed E-state index contributed by atoms with van der Waals surface area (Å²) in [6.45, 7) is 9.42. The van der Waals surface area contributed by atoms with Gasteiger partial charge >= 0.3 is 0 Å². The van der Waals surface area contributed by atoms with E-state index >= 15 is 0 Å². The third-order valence-corrected chi connectivity index (χ3v) is 2.25. The number of aryl methyl sites for hydroxylation is 1. The predicted molar refractivity (Wildman–Crippen MR) is 57.5 cm³/mol. The van der Waals surface area contributed by atoms with Crippen molar-refractivity contribution in [1.82, 2.24) is 0 Å². The molecule has 0 aliphatic heterocycles. The van der Waals surface area contributed by atoms with E-state index < -0.39 is 0 Å². The van der Waals surface area contributed by atoms with E-state index in [2.05, 4.69) is 23.9 Å². The lowest BCUT2D eigenvalue weighted by atomic mass is 10.1. The molecular formula is C12H15NO. The number of hydrogen-bond acceptors (Lipinski definition) is 1. The highest BCUT2D eigenvalue weighted by Crippen LogP contribution is 2.20. The van der Waals surface area contributed by atoms with Crippen molar-refractivity contribution in [3.05, 3.63) is 40.7 Å². The van der Waals surface area contributed by atoms with Crippen molar-refractivity contribution in [3.8, 4) is 5.75 Å². The fourth-order valence-electron chi connectivity index (χ4n) is 1.42. The molecule has 2 nitrogen and oxygen atoms in total. The lowest BCUT2D eigenvalue weighted by Gasteiger charge is -2.07. The Morgan fingerprint density at radius 2 is 2.21 bits per heavy atom. The van der Waals surface area contributed by atoms with Crippen LogP contribution in [-0.4, -0.2) is 13.7 Å². The van der Waals surface area contributed by atoms with E-state index in [0.717, 1.165) is 24.2 Å². The number of benzene rings is 1. The van der Waals surface area contributed by atoms with Crippen molar-refractivity contribution < 1.29 is 4.74 Å². The minimum absolute atomic E-state index is 0.531. The van der Waals surface area contributed by atoms with Crippen molar-refractivity contribution in [3.63, 3.8) is 0 Å². The van der Waals surface area contributed by atoms with E-state index in [1.165, 1.54) is 5.56 Å².